The van der Waals surface area contributed by atoms with Crippen LogP contribution < -0.4 is 5.32 Å². The van der Waals surface area contributed by atoms with Crippen molar-refractivity contribution in [1.82, 2.24) is 9.97 Å². The molecule has 7 heteroatoms. The van der Waals surface area contributed by atoms with E-state index in [4.69, 9.17) is 0 Å². The van der Waals surface area contributed by atoms with Crippen LogP contribution in [-0.4, -0.2) is 22.1 Å². The van der Waals surface area contributed by atoms with E-state index in [0.717, 1.165) is 0 Å². The summed E-state index contributed by atoms with van der Waals surface area (Å²) in [7, 11) is 0. The summed E-state index contributed by atoms with van der Waals surface area (Å²) in [4.78, 5) is 19.7. The van der Waals surface area contributed by atoms with Crippen molar-refractivity contribution in [2.75, 3.05) is 5.32 Å². The first-order chi connectivity index (χ1) is 11.1. The Morgan fingerprint density at radius 3 is 2.33 bits per heavy atom. The third kappa shape index (κ3) is 2.64. The van der Waals surface area contributed by atoms with Crippen molar-refractivity contribution < 1.29 is 18.0 Å². The van der Waals surface area contributed by atoms with Crippen LogP contribution in [0.3, 0.4) is 0 Å². The number of halogens is 3. The zero-order valence-electron chi connectivity index (χ0n) is 13.4. The molecule has 0 radical (unpaired) electrons. The number of rotatable bonds is 2. The number of benzene rings is 1. The molecular weight excluding hydrogens is 319 g/mol. The van der Waals surface area contributed by atoms with Crippen molar-refractivity contribution in [1.29, 1.82) is 0 Å². The fraction of sp³-hybridized carbons (Fsp3) is 0.353. The number of carbonyl (C=O) groups is 1. The normalized spacial score (nSPS) is 17.3. The molecule has 1 N–H and O–H groups in total. The van der Waals surface area contributed by atoms with Crippen molar-refractivity contribution in [2.45, 2.75) is 38.3 Å². The highest BCUT2D eigenvalue weighted by molar-refractivity contribution is 6.05. The Bertz CT molecular complexity index is 798. The Hall–Kier alpha value is -2.44. The van der Waals surface area contributed by atoms with E-state index in [0.29, 0.717) is 17.1 Å². The van der Waals surface area contributed by atoms with Crippen LogP contribution in [0.2, 0.25) is 0 Å². The molecule has 2 aromatic rings. The van der Waals surface area contributed by atoms with Gasteiger partial charge >= 0.3 is 6.18 Å². The van der Waals surface area contributed by atoms with Gasteiger partial charge in [-0.15, -0.1) is 0 Å². The molecule has 1 atom stereocenters. The number of carbonyl (C=O) groups excluding carboxylic acids is 1. The van der Waals surface area contributed by atoms with Gasteiger partial charge in [0.2, 0.25) is 5.91 Å². The van der Waals surface area contributed by atoms with Crippen molar-refractivity contribution >= 4 is 11.6 Å². The van der Waals surface area contributed by atoms with Gasteiger partial charge in [-0.1, -0.05) is 12.1 Å². The number of hydrogen-bond acceptors (Lipinski definition) is 3. The summed E-state index contributed by atoms with van der Waals surface area (Å²) < 4.78 is 40.9. The lowest BCUT2D eigenvalue weighted by atomic mass is 9.84. The minimum Gasteiger partial charge on any atom is -0.325 e. The molecule has 1 aromatic carbocycles. The van der Waals surface area contributed by atoms with Gasteiger partial charge in [0.1, 0.15) is 11.7 Å². The molecule has 1 amide bonds. The number of anilines is 1. The van der Waals surface area contributed by atoms with E-state index >= 15 is 0 Å². The molecule has 24 heavy (non-hydrogen) atoms. The molecule has 1 unspecified atom stereocenters. The number of aryl methyl sites for hydroxylation is 1. The van der Waals surface area contributed by atoms with Crippen LogP contribution in [0, 0.1) is 6.92 Å². The third-order valence-corrected chi connectivity index (χ3v) is 4.33. The van der Waals surface area contributed by atoms with Gasteiger partial charge in [-0.2, -0.15) is 13.2 Å². The number of amides is 1. The maximum atomic E-state index is 13.6. The molecular formula is C17H16F3N3O. The van der Waals surface area contributed by atoms with Gasteiger partial charge in [0, 0.05) is 23.6 Å². The van der Waals surface area contributed by atoms with Gasteiger partial charge in [-0.25, -0.2) is 9.97 Å². The van der Waals surface area contributed by atoms with Crippen molar-refractivity contribution in [3.63, 3.8) is 0 Å². The first-order valence-corrected chi connectivity index (χ1v) is 7.42. The third-order valence-electron chi connectivity index (χ3n) is 4.33. The van der Waals surface area contributed by atoms with Gasteiger partial charge in [-0.05, 0) is 38.0 Å². The molecule has 1 aromatic heterocycles. The zero-order valence-corrected chi connectivity index (χ0v) is 13.4. The number of fused-ring (bicyclic) bond motifs is 1. The molecule has 0 saturated heterocycles. The van der Waals surface area contributed by atoms with Crippen molar-refractivity contribution in [2.24, 2.45) is 0 Å². The van der Waals surface area contributed by atoms with E-state index in [-0.39, 0.29) is 17.0 Å². The number of nitrogens with one attached hydrogen (secondary N) is 1. The highest BCUT2D eigenvalue weighted by Crippen LogP contribution is 2.44. The predicted octanol–water partition coefficient (Wildman–Crippen LogP) is 3.71. The molecule has 0 bridgehead atoms. The van der Waals surface area contributed by atoms with E-state index in [1.807, 2.05) is 0 Å². The SMILES string of the molecule is Cc1ncc(C(c2ccc3c(c2)NC(=O)C3(C)C)C(F)(F)F)cn1. The van der Waals surface area contributed by atoms with Crippen LogP contribution in [-0.2, 0) is 10.2 Å². The monoisotopic (exact) mass is 335 g/mol. The first-order valence-electron chi connectivity index (χ1n) is 7.42. The fourth-order valence-electron chi connectivity index (χ4n) is 2.91. The maximum absolute atomic E-state index is 13.6. The lowest BCUT2D eigenvalue weighted by Crippen LogP contribution is -2.26. The van der Waals surface area contributed by atoms with Gasteiger partial charge in [0.05, 0.1) is 5.41 Å². The fourth-order valence-corrected chi connectivity index (χ4v) is 2.91. The molecule has 1 aliphatic rings. The van der Waals surface area contributed by atoms with E-state index in [2.05, 4.69) is 15.3 Å². The summed E-state index contributed by atoms with van der Waals surface area (Å²) in [6.45, 7) is 5.09. The second-order valence-electron chi connectivity index (χ2n) is 6.42. The Kier molecular flexibility index (Phi) is 3.62. The minimum atomic E-state index is -4.50. The van der Waals surface area contributed by atoms with Crippen LogP contribution in [0.4, 0.5) is 18.9 Å². The lowest BCUT2D eigenvalue weighted by Gasteiger charge is -2.22. The van der Waals surface area contributed by atoms with E-state index in [1.54, 1.807) is 26.8 Å². The van der Waals surface area contributed by atoms with Gasteiger partial charge < -0.3 is 5.32 Å². The average molecular weight is 335 g/mol. The lowest BCUT2D eigenvalue weighted by molar-refractivity contribution is -0.141. The Labute approximate surface area is 137 Å². The Morgan fingerprint density at radius 2 is 1.75 bits per heavy atom. The van der Waals surface area contributed by atoms with Gasteiger partial charge in [0.25, 0.3) is 0 Å². The molecule has 1 aliphatic heterocycles. The van der Waals surface area contributed by atoms with Gasteiger partial charge in [-0.3, -0.25) is 4.79 Å². The van der Waals surface area contributed by atoms with Crippen LogP contribution >= 0.6 is 0 Å². The van der Waals surface area contributed by atoms with Crippen LogP contribution in [0.15, 0.2) is 30.6 Å². The number of aromatic nitrogens is 2. The summed E-state index contributed by atoms with van der Waals surface area (Å²) in [6.07, 6.45) is -2.11. The second-order valence-corrected chi connectivity index (χ2v) is 6.42. The van der Waals surface area contributed by atoms with Gasteiger partial charge in [0.15, 0.2) is 0 Å². The number of hydrogen-bond donors (Lipinski definition) is 1. The molecule has 0 spiro atoms. The highest BCUT2D eigenvalue weighted by Gasteiger charge is 2.44. The molecule has 0 aliphatic carbocycles. The summed E-state index contributed by atoms with van der Waals surface area (Å²) in [5, 5.41) is 2.66. The largest absolute Gasteiger partial charge is 0.399 e. The minimum absolute atomic E-state index is 0.0309. The smallest absolute Gasteiger partial charge is 0.325 e. The Morgan fingerprint density at radius 1 is 1.12 bits per heavy atom. The second kappa shape index (κ2) is 5.29. The summed E-state index contributed by atoms with van der Waals surface area (Å²) in [5.41, 5.74) is 0.375. The average Bonchev–Trinajstić information content (AvgIpc) is 2.70. The van der Waals surface area contributed by atoms with Crippen molar-refractivity contribution in [3.8, 4) is 0 Å². The van der Waals surface area contributed by atoms with Crippen LogP contribution in [0.5, 0.6) is 0 Å². The summed E-state index contributed by atoms with van der Waals surface area (Å²) in [5.74, 6) is -1.66. The topological polar surface area (TPSA) is 54.9 Å². The molecule has 3 rings (SSSR count). The quantitative estimate of drug-likeness (QED) is 0.910. The van der Waals surface area contributed by atoms with E-state index in [1.165, 1.54) is 24.5 Å². The zero-order chi connectivity index (χ0) is 17.7. The van der Waals surface area contributed by atoms with E-state index in [9.17, 15) is 18.0 Å². The summed E-state index contributed by atoms with van der Waals surface area (Å²) >= 11 is 0. The molecule has 0 saturated carbocycles. The first kappa shape index (κ1) is 16.4. The number of alkyl halides is 3. The molecule has 0 fully saturated rings. The predicted molar refractivity (Wildman–Crippen MR) is 82.8 cm³/mol. The maximum Gasteiger partial charge on any atom is 0.399 e. The number of nitrogens with zero attached hydrogens (tertiary/aromatic N) is 2. The Balaban J connectivity index is 2.09. The molecule has 2 heterocycles. The van der Waals surface area contributed by atoms with Crippen LogP contribution in [0.1, 0.15) is 42.3 Å². The highest BCUT2D eigenvalue weighted by atomic mass is 19.4. The molecule has 126 valence electrons. The standard InChI is InChI=1S/C17H16F3N3O/c1-9-21-7-11(8-22-9)14(17(18,19)20)10-4-5-12-13(6-10)23-15(24)16(12,2)3/h4-8,14H,1-3H3,(H,23,24). The summed E-state index contributed by atoms with van der Waals surface area (Å²) in [6, 6.07) is 4.38. The molecule has 4 nitrogen and oxygen atoms in total. The van der Waals surface area contributed by atoms with Crippen LogP contribution in [0.25, 0.3) is 0 Å². The van der Waals surface area contributed by atoms with E-state index < -0.39 is 17.5 Å². The van der Waals surface area contributed by atoms with Crippen molar-refractivity contribution in [3.05, 3.63) is 53.1 Å².